The van der Waals surface area contributed by atoms with E-state index in [1.54, 1.807) is 12.1 Å². The third-order valence-electron chi connectivity index (χ3n) is 3.50. The summed E-state index contributed by atoms with van der Waals surface area (Å²) in [5.74, 6) is 0.982. The first-order valence-electron chi connectivity index (χ1n) is 5.87. The van der Waals surface area contributed by atoms with Crippen LogP contribution in [0, 0.1) is 5.92 Å². The Morgan fingerprint density at radius 3 is 3.18 bits per heavy atom. The van der Waals surface area contributed by atoms with Crippen molar-refractivity contribution in [2.75, 3.05) is 6.61 Å². The molecule has 0 spiro atoms. The first-order valence-corrected chi connectivity index (χ1v) is 6.25. The molecule has 2 heterocycles. The third kappa shape index (κ3) is 1.94. The molecule has 2 aliphatic heterocycles. The summed E-state index contributed by atoms with van der Waals surface area (Å²) < 4.78 is 5.75. The van der Waals surface area contributed by atoms with Crippen molar-refractivity contribution >= 4 is 17.8 Å². The molecule has 17 heavy (non-hydrogen) atoms. The van der Waals surface area contributed by atoms with Crippen molar-refractivity contribution in [1.29, 1.82) is 0 Å². The van der Waals surface area contributed by atoms with Crippen LogP contribution in [0.15, 0.2) is 23.2 Å². The van der Waals surface area contributed by atoms with Gasteiger partial charge in [0.25, 0.3) is 0 Å². The lowest BCUT2D eigenvalue weighted by Gasteiger charge is -2.27. The molecular weight excluding hydrogens is 238 g/mol. The number of hydrogen-bond donors (Lipinski definition) is 1. The number of benzene rings is 1. The summed E-state index contributed by atoms with van der Waals surface area (Å²) >= 11 is 5.94. The average molecular weight is 252 g/mol. The molecule has 0 saturated carbocycles. The van der Waals surface area contributed by atoms with Crippen molar-refractivity contribution in [3.05, 3.63) is 28.8 Å². The van der Waals surface area contributed by atoms with E-state index in [1.807, 2.05) is 12.3 Å². The molecule has 0 radical (unpaired) electrons. The Bertz CT molecular complexity index is 461. The fourth-order valence-electron chi connectivity index (χ4n) is 2.56. The first kappa shape index (κ1) is 11.1. The van der Waals surface area contributed by atoms with Crippen LogP contribution in [0.2, 0.25) is 5.02 Å². The lowest BCUT2D eigenvalue weighted by atomic mass is 9.88. The summed E-state index contributed by atoms with van der Waals surface area (Å²) in [6.45, 7) is 0.604. The summed E-state index contributed by atoms with van der Waals surface area (Å²) in [6, 6.07) is 5.29. The number of aliphatic hydroxyl groups excluding tert-OH is 1. The maximum absolute atomic E-state index is 10.4. The van der Waals surface area contributed by atoms with Crippen molar-refractivity contribution < 1.29 is 9.84 Å². The highest BCUT2D eigenvalue weighted by Crippen LogP contribution is 2.38. The van der Waals surface area contributed by atoms with Crippen LogP contribution in [0.25, 0.3) is 0 Å². The fraction of sp³-hybridized carbons (Fsp3) is 0.462. The van der Waals surface area contributed by atoms with Crippen LogP contribution >= 0.6 is 11.6 Å². The van der Waals surface area contributed by atoms with Crippen molar-refractivity contribution in [2.24, 2.45) is 10.9 Å². The van der Waals surface area contributed by atoms with E-state index in [0.717, 1.165) is 18.4 Å². The molecule has 0 bridgehead atoms. The van der Waals surface area contributed by atoms with Crippen LogP contribution in [0.5, 0.6) is 5.75 Å². The molecule has 3 nitrogen and oxygen atoms in total. The van der Waals surface area contributed by atoms with Gasteiger partial charge < -0.3 is 9.84 Å². The van der Waals surface area contributed by atoms with Gasteiger partial charge in [-0.1, -0.05) is 17.7 Å². The number of aliphatic hydroxyl groups is 1. The minimum Gasteiger partial charge on any atom is -0.493 e. The molecular formula is C13H14ClNO2. The maximum Gasteiger partial charge on any atom is 0.126 e. The second-order valence-corrected chi connectivity index (χ2v) is 5.03. The molecule has 0 aliphatic carbocycles. The van der Waals surface area contributed by atoms with E-state index in [4.69, 9.17) is 16.3 Å². The predicted octanol–water partition coefficient (Wildman–Crippen LogP) is 2.62. The molecule has 4 heteroatoms. The van der Waals surface area contributed by atoms with E-state index in [1.165, 1.54) is 0 Å². The van der Waals surface area contributed by atoms with E-state index < -0.39 is 6.10 Å². The molecule has 1 aromatic carbocycles. The molecule has 0 amide bonds. The summed E-state index contributed by atoms with van der Waals surface area (Å²) in [4.78, 5) is 4.43. The Hall–Kier alpha value is -1.06. The van der Waals surface area contributed by atoms with E-state index in [-0.39, 0.29) is 6.04 Å². The molecule has 3 rings (SSSR count). The molecule has 3 unspecified atom stereocenters. The summed E-state index contributed by atoms with van der Waals surface area (Å²) in [6.07, 6.45) is 3.30. The van der Waals surface area contributed by atoms with Gasteiger partial charge in [0.2, 0.25) is 0 Å². The van der Waals surface area contributed by atoms with Gasteiger partial charge in [0.15, 0.2) is 0 Å². The second kappa shape index (κ2) is 4.31. The van der Waals surface area contributed by atoms with E-state index in [0.29, 0.717) is 23.3 Å². The van der Waals surface area contributed by atoms with Gasteiger partial charge in [-0.15, -0.1) is 0 Å². The van der Waals surface area contributed by atoms with Crippen molar-refractivity contribution in [2.45, 2.75) is 25.0 Å². The Kier molecular flexibility index (Phi) is 2.81. The lowest BCUT2D eigenvalue weighted by Crippen LogP contribution is -2.30. The Morgan fingerprint density at radius 2 is 2.29 bits per heavy atom. The predicted molar refractivity (Wildman–Crippen MR) is 66.9 cm³/mol. The van der Waals surface area contributed by atoms with Gasteiger partial charge >= 0.3 is 0 Å². The molecule has 2 aliphatic rings. The van der Waals surface area contributed by atoms with Gasteiger partial charge in [0.05, 0.1) is 12.6 Å². The van der Waals surface area contributed by atoms with Crippen LogP contribution in [-0.2, 0) is 0 Å². The summed E-state index contributed by atoms with van der Waals surface area (Å²) in [7, 11) is 0. The molecule has 90 valence electrons. The molecule has 1 N–H and O–H groups in total. The maximum atomic E-state index is 10.4. The Morgan fingerprint density at radius 1 is 1.41 bits per heavy atom. The van der Waals surface area contributed by atoms with E-state index in [2.05, 4.69) is 4.99 Å². The summed E-state index contributed by atoms with van der Waals surface area (Å²) in [5.41, 5.74) is 0.793. The number of fused-ring (bicyclic) bond motifs is 2. The van der Waals surface area contributed by atoms with Crippen LogP contribution in [0.3, 0.4) is 0 Å². The highest BCUT2D eigenvalue weighted by molar-refractivity contribution is 6.30. The lowest BCUT2D eigenvalue weighted by molar-refractivity contribution is 0.110. The number of hydrogen-bond acceptors (Lipinski definition) is 3. The minimum absolute atomic E-state index is 0.0776. The van der Waals surface area contributed by atoms with Crippen LogP contribution in [0.4, 0.5) is 0 Å². The molecule has 1 aromatic rings. The Labute approximate surface area is 105 Å². The number of halogens is 1. The first-order chi connectivity index (χ1) is 8.25. The smallest absolute Gasteiger partial charge is 0.126 e. The highest BCUT2D eigenvalue weighted by Gasteiger charge is 2.35. The van der Waals surface area contributed by atoms with E-state index >= 15 is 0 Å². The quantitative estimate of drug-likeness (QED) is 0.770. The number of nitrogens with zero attached hydrogens (tertiary/aromatic N) is 1. The summed E-state index contributed by atoms with van der Waals surface area (Å²) in [5, 5.41) is 11.0. The number of rotatable bonds is 0. The van der Waals surface area contributed by atoms with Gasteiger partial charge in [0.1, 0.15) is 11.9 Å². The minimum atomic E-state index is -0.591. The monoisotopic (exact) mass is 251 g/mol. The molecule has 3 atom stereocenters. The number of aliphatic imine (C=N–C) groups is 1. The number of ether oxygens (including phenoxy) is 1. The van der Waals surface area contributed by atoms with Crippen LogP contribution in [-0.4, -0.2) is 24.0 Å². The third-order valence-corrected chi connectivity index (χ3v) is 3.73. The van der Waals surface area contributed by atoms with Gasteiger partial charge in [-0.25, -0.2) is 0 Å². The topological polar surface area (TPSA) is 41.8 Å². The highest BCUT2D eigenvalue weighted by atomic mass is 35.5. The van der Waals surface area contributed by atoms with E-state index in [9.17, 15) is 5.11 Å². The zero-order valence-electron chi connectivity index (χ0n) is 9.34. The largest absolute Gasteiger partial charge is 0.493 e. The normalized spacial score (nSPS) is 31.1. The molecule has 0 fully saturated rings. The van der Waals surface area contributed by atoms with Crippen molar-refractivity contribution in [3.63, 3.8) is 0 Å². The second-order valence-electron chi connectivity index (χ2n) is 4.60. The SMILES string of the molecule is OC1c2ccc(Cl)cc2OCC2CCC=NC21. The standard InChI is InChI=1S/C13H14ClNO2/c14-9-3-4-10-11(6-9)17-7-8-2-1-5-15-12(8)13(10)16/h3-6,8,12-13,16H,1-2,7H2. The van der Waals surface area contributed by atoms with Crippen LogP contribution in [0.1, 0.15) is 24.5 Å². The fourth-order valence-corrected chi connectivity index (χ4v) is 2.72. The zero-order chi connectivity index (χ0) is 11.8. The average Bonchev–Trinajstić information content (AvgIpc) is 2.48. The zero-order valence-corrected chi connectivity index (χ0v) is 10.1. The van der Waals surface area contributed by atoms with Gasteiger partial charge in [-0.05, 0) is 31.2 Å². The van der Waals surface area contributed by atoms with Crippen molar-refractivity contribution in [1.82, 2.24) is 0 Å². The van der Waals surface area contributed by atoms with Crippen molar-refractivity contribution in [3.8, 4) is 5.75 Å². The Balaban J connectivity index is 2.02. The van der Waals surface area contributed by atoms with Crippen LogP contribution < -0.4 is 4.74 Å². The van der Waals surface area contributed by atoms with Gasteiger partial charge in [-0.2, -0.15) is 0 Å². The molecule has 0 saturated heterocycles. The van der Waals surface area contributed by atoms with Gasteiger partial charge in [-0.3, -0.25) is 4.99 Å². The van der Waals surface area contributed by atoms with Gasteiger partial charge in [0, 0.05) is 16.5 Å². The molecule has 0 aromatic heterocycles.